The minimum atomic E-state index is -2.72. The molecule has 1 heterocycles. The van der Waals surface area contributed by atoms with E-state index in [0.717, 1.165) is 12.5 Å². The Hall–Kier alpha value is -2.90. The molecule has 0 atom stereocenters. The van der Waals surface area contributed by atoms with Gasteiger partial charge in [0.25, 0.3) is 12.3 Å². The Balaban J connectivity index is 1.87. The van der Waals surface area contributed by atoms with E-state index in [2.05, 4.69) is 15.3 Å². The number of amides is 1. The summed E-state index contributed by atoms with van der Waals surface area (Å²) in [6.07, 6.45) is 0.397. The van der Waals surface area contributed by atoms with Crippen LogP contribution in [0.3, 0.4) is 0 Å². The third kappa shape index (κ3) is 3.33. The van der Waals surface area contributed by atoms with Gasteiger partial charge in [-0.3, -0.25) is 4.79 Å². The van der Waals surface area contributed by atoms with Crippen molar-refractivity contribution in [3.8, 4) is 0 Å². The molecule has 8 heteroatoms. The summed E-state index contributed by atoms with van der Waals surface area (Å²) in [6.45, 7) is 0. The lowest BCUT2D eigenvalue weighted by Crippen LogP contribution is -2.52. The van der Waals surface area contributed by atoms with Crippen LogP contribution in [0.5, 0.6) is 0 Å². The predicted octanol–water partition coefficient (Wildman–Crippen LogP) is 2.92. The van der Waals surface area contributed by atoms with Crippen molar-refractivity contribution in [3.05, 3.63) is 59.2 Å². The SMILES string of the molecule is O=C(O)c1cccc(C(=O)NC2(c3nccc(C(F)F)n3)CCC2)c1. The fourth-order valence-corrected chi connectivity index (χ4v) is 2.74. The fraction of sp³-hybridized carbons (Fsp3) is 0.294. The summed E-state index contributed by atoms with van der Waals surface area (Å²) in [4.78, 5) is 31.5. The standard InChI is InChI=1S/C17H15F2N3O3/c18-13(19)12-5-8-20-16(21-12)17(6-2-7-17)22-14(23)10-3-1-4-11(9-10)15(24)25/h1,3-5,8-9,13H,2,6-7H2,(H,22,23)(H,24,25). The number of hydrogen-bond acceptors (Lipinski definition) is 4. The second-order valence-corrected chi connectivity index (χ2v) is 5.88. The lowest BCUT2D eigenvalue weighted by atomic mass is 9.75. The number of nitrogens with zero attached hydrogens (tertiary/aromatic N) is 2. The number of alkyl halides is 2. The molecule has 1 aliphatic carbocycles. The van der Waals surface area contributed by atoms with E-state index >= 15 is 0 Å². The number of carboxylic acid groups (broad SMARTS) is 1. The molecule has 1 aliphatic rings. The maximum atomic E-state index is 12.9. The van der Waals surface area contributed by atoms with Crippen molar-refractivity contribution < 1.29 is 23.5 Å². The molecule has 0 saturated heterocycles. The van der Waals surface area contributed by atoms with Gasteiger partial charge in [-0.1, -0.05) is 6.07 Å². The molecule has 1 fully saturated rings. The first-order chi connectivity index (χ1) is 11.9. The molecule has 6 nitrogen and oxygen atoms in total. The van der Waals surface area contributed by atoms with Crippen molar-refractivity contribution in [2.45, 2.75) is 31.2 Å². The smallest absolute Gasteiger partial charge is 0.335 e. The minimum Gasteiger partial charge on any atom is -0.478 e. The molecule has 3 rings (SSSR count). The van der Waals surface area contributed by atoms with Crippen LogP contribution in [0.15, 0.2) is 36.5 Å². The van der Waals surface area contributed by atoms with E-state index in [9.17, 15) is 18.4 Å². The van der Waals surface area contributed by atoms with Crippen molar-refractivity contribution in [1.29, 1.82) is 0 Å². The average molecular weight is 347 g/mol. The fourth-order valence-electron chi connectivity index (χ4n) is 2.74. The summed E-state index contributed by atoms with van der Waals surface area (Å²) in [5.41, 5.74) is -1.12. The van der Waals surface area contributed by atoms with E-state index in [1.807, 2.05) is 0 Å². The number of carbonyl (C=O) groups excluding carboxylic acids is 1. The van der Waals surface area contributed by atoms with Gasteiger partial charge >= 0.3 is 5.97 Å². The van der Waals surface area contributed by atoms with Gasteiger partial charge in [0, 0.05) is 11.8 Å². The number of aromatic nitrogens is 2. The van der Waals surface area contributed by atoms with Crippen molar-refractivity contribution in [2.24, 2.45) is 0 Å². The van der Waals surface area contributed by atoms with Crippen LogP contribution in [0.25, 0.3) is 0 Å². The van der Waals surface area contributed by atoms with Gasteiger partial charge in [-0.15, -0.1) is 0 Å². The lowest BCUT2D eigenvalue weighted by molar-refractivity contribution is 0.0697. The highest BCUT2D eigenvalue weighted by Crippen LogP contribution is 2.40. The van der Waals surface area contributed by atoms with Gasteiger partial charge in [0.15, 0.2) is 5.82 Å². The van der Waals surface area contributed by atoms with E-state index in [-0.39, 0.29) is 17.0 Å². The molecular weight excluding hydrogens is 332 g/mol. The number of rotatable bonds is 5. The first-order valence-corrected chi connectivity index (χ1v) is 7.69. The highest BCUT2D eigenvalue weighted by Gasteiger charge is 2.43. The minimum absolute atomic E-state index is 0.00810. The zero-order valence-corrected chi connectivity index (χ0v) is 13.1. The van der Waals surface area contributed by atoms with Crippen molar-refractivity contribution in [1.82, 2.24) is 15.3 Å². The van der Waals surface area contributed by atoms with Crippen molar-refractivity contribution in [3.63, 3.8) is 0 Å². The molecule has 130 valence electrons. The molecule has 0 spiro atoms. The van der Waals surface area contributed by atoms with Gasteiger partial charge in [-0.25, -0.2) is 23.5 Å². The summed E-state index contributed by atoms with van der Waals surface area (Å²) in [7, 11) is 0. The first-order valence-electron chi connectivity index (χ1n) is 7.69. The number of benzene rings is 1. The molecule has 25 heavy (non-hydrogen) atoms. The number of carboxylic acids is 1. The number of nitrogens with one attached hydrogen (secondary N) is 1. The topological polar surface area (TPSA) is 92.2 Å². The van der Waals surface area contributed by atoms with Crippen LogP contribution in [0.1, 0.15) is 57.9 Å². The summed E-state index contributed by atoms with van der Waals surface area (Å²) < 4.78 is 25.7. The molecule has 0 unspecified atom stereocenters. The molecular formula is C17H15F2N3O3. The number of hydrogen-bond donors (Lipinski definition) is 2. The Labute approximate surface area is 141 Å². The van der Waals surface area contributed by atoms with Crippen LogP contribution in [0.4, 0.5) is 8.78 Å². The van der Waals surface area contributed by atoms with Crippen molar-refractivity contribution in [2.75, 3.05) is 0 Å². The zero-order chi connectivity index (χ0) is 18.0. The molecule has 0 bridgehead atoms. The van der Waals surface area contributed by atoms with Gasteiger partial charge in [0.05, 0.1) is 5.56 Å². The Morgan fingerprint density at radius 1 is 1.20 bits per heavy atom. The van der Waals surface area contributed by atoms with E-state index in [1.165, 1.54) is 30.5 Å². The van der Waals surface area contributed by atoms with Gasteiger partial charge in [-0.2, -0.15) is 0 Å². The van der Waals surface area contributed by atoms with Crippen LogP contribution >= 0.6 is 0 Å². The highest BCUT2D eigenvalue weighted by atomic mass is 19.3. The van der Waals surface area contributed by atoms with Gasteiger partial charge < -0.3 is 10.4 Å². The third-order valence-corrected chi connectivity index (χ3v) is 4.26. The normalized spacial score (nSPS) is 15.5. The van der Waals surface area contributed by atoms with Crippen molar-refractivity contribution >= 4 is 11.9 Å². The molecule has 1 saturated carbocycles. The van der Waals surface area contributed by atoms with Gasteiger partial charge in [0.1, 0.15) is 11.2 Å². The molecule has 2 N–H and O–H groups in total. The molecule has 1 aromatic heterocycles. The van der Waals surface area contributed by atoms with E-state index < -0.39 is 29.5 Å². The van der Waals surface area contributed by atoms with Crippen LogP contribution < -0.4 is 5.32 Å². The number of carbonyl (C=O) groups is 2. The Bertz CT molecular complexity index is 822. The van der Waals surface area contributed by atoms with Crippen LogP contribution in [0.2, 0.25) is 0 Å². The van der Waals surface area contributed by atoms with Crippen LogP contribution in [-0.4, -0.2) is 27.0 Å². The summed E-state index contributed by atoms with van der Waals surface area (Å²) in [5.74, 6) is -1.48. The second kappa shape index (κ2) is 6.54. The monoisotopic (exact) mass is 347 g/mol. The Kier molecular flexibility index (Phi) is 4.43. The van der Waals surface area contributed by atoms with E-state index in [0.29, 0.717) is 12.8 Å². The summed E-state index contributed by atoms with van der Waals surface area (Å²) >= 11 is 0. The maximum Gasteiger partial charge on any atom is 0.335 e. The Morgan fingerprint density at radius 2 is 1.92 bits per heavy atom. The van der Waals surface area contributed by atoms with E-state index in [1.54, 1.807) is 0 Å². The maximum absolute atomic E-state index is 12.9. The number of aromatic carboxylic acids is 1. The average Bonchev–Trinajstić information content (AvgIpc) is 2.58. The molecule has 1 aromatic carbocycles. The van der Waals surface area contributed by atoms with Gasteiger partial charge in [-0.05, 0) is 43.5 Å². The Morgan fingerprint density at radius 3 is 2.52 bits per heavy atom. The molecule has 0 radical (unpaired) electrons. The first kappa shape index (κ1) is 16.9. The quantitative estimate of drug-likeness (QED) is 0.868. The highest BCUT2D eigenvalue weighted by molar-refractivity contribution is 5.97. The predicted molar refractivity (Wildman–Crippen MR) is 83.4 cm³/mol. The molecule has 1 amide bonds. The largest absolute Gasteiger partial charge is 0.478 e. The lowest BCUT2D eigenvalue weighted by Gasteiger charge is -2.41. The van der Waals surface area contributed by atoms with Crippen LogP contribution in [0, 0.1) is 0 Å². The second-order valence-electron chi connectivity index (χ2n) is 5.88. The number of halogens is 2. The summed E-state index contributed by atoms with van der Waals surface area (Å²) in [5, 5.41) is 11.8. The molecule has 2 aromatic rings. The summed E-state index contributed by atoms with van der Waals surface area (Å²) in [6, 6.07) is 6.75. The van der Waals surface area contributed by atoms with Gasteiger partial charge in [0.2, 0.25) is 0 Å². The third-order valence-electron chi connectivity index (χ3n) is 4.26. The zero-order valence-electron chi connectivity index (χ0n) is 13.1. The van der Waals surface area contributed by atoms with Crippen LogP contribution in [-0.2, 0) is 5.54 Å². The molecule has 0 aliphatic heterocycles. The van der Waals surface area contributed by atoms with E-state index in [4.69, 9.17) is 5.11 Å².